The smallest absolute Gasteiger partial charge is 0.420 e. The Morgan fingerprint density at radius 2 is 2.00 bits per heavy atom. The number of hydrogen-bond acceptors (Lipinski definition) is 5. The Bertz CT molecular complexity index is 528. The Hall–Kier alpha value is -1.47. The molecule has 0 aromatic heterocycles. The first kappa shape index (κ1) is 13.6. The monoisotopic (exact) mass is 279 g/mol. The van der Waals surface area contributed by atoms with Crippen LogP contribution in [0.3, 0.4) is 0 Å². The van der Waals surface area contributed by atoms with E-state index in [-0.39, 0.29) is 9.92 Å². The van der Waals surface area contributed by atoms with Crippen LogP contribution in [0.25, 0.3) is 0 Å². The van der Waals surface area contributed by atoms with Crippen molar-refractivity contribution in [2.75, 3.05) is 14.2 Å². The van der Waals surface area contributed by atoms with E-state index in [0.717, 1.165) is 7.11 Å². The fraction of sp³-hybridized carbons (Fsp3) is 0.222. The number of amides is 1. The van der Waals surface area contributed by atoms with E-state index in [9.17, 15) is 13.2 Å². The molecule has 0 spiro atoms. The molecule has 0 saturated carbocycles. The van der Waals surface area contributed by atoms with Gasteiger partial charge in [-0.05, 0) is 18.2 Å². The second-order valence-electron chi connectivity index (χ2n) is 2.89. The van der Waals surface area contributed by atoms with Gasteiger partial charge in [-0.25, -0.2) is 17.9 Å². The third-order valence-corrected chi connectivity index (χ3v) is 3.44. The number of hydrogen-bond donors (Lipinski definition) is 1. The van der Waals surface area contributed by atoms with E-state index in [2.05, 4.69) is 4.74 Å². The van der Waals surface area contributed by atoms with Crippen LogP contribution >= 0.6 is 11.6 Å². The second-order valence-corrected chi connectivity index (χ2v) is 4.98. The molecule has 0 atom stereocenters. The average molecular weight is 280 g/mol. The van der Waals surface area contributed by atoms with Crippen molar-refractivity contribution in [3.63, 3.8) is 0 Å². The number of ether oxygens (including phenoxy) is 2. The Kier molecular flexibility index (Phi) is 4.19. The molecule has 0 radical (unpaired) electrons. The molecule has 0 aliphatic rings. The summed E-state index contributed by atoms with van der Waals surface area (Å²) in [5, 5.41) is 0.125. The van der Waals surface area contributed by atoms with Gasteiger partial charge < -0.3 is 9.47 Å². The predicted molar refractivity (Wildman–Crippen MR) is 60.7 cm³/mol. The van der Waals surface area contributed by atoms with Crippen molar-refractivity contribution < 1.29 is 22.7 Å². The standard InChI is InChI=1S/C9H10ClNO5S/c1-15-8-4-3-6(5-7(8)10)17(13,14)11-9(12)16-2/h3-5H,1-2H3,(H,11,12). The third-order valence-electron chi connectivity index (χ3n) is 1.84. The Balaban J connectivity index is 3.08. The van der Waals surface area contributed by atoms with Crippen LogP contribution in [0.4, 0.5) is 4.79 Å². The van der Waals surface area contributed by atoms with Crippen LogP contribution in [0.2, 0.25) is 5.02 Å². The van der Waals surface area contributed by atoms with E-state index >= 15 is 0 Å². The Morgan fingerprint density at radius 1 is 1.35 bits per heavy atom. The van der Waals surface area contributed by atoms with Gasteiger partial charge in [0.15, 0.2) is 0 Å². The van der Waals surface area contributed by atoms with Crippen molar-refractivity contribution in [3.8, 4) is 5.75 Å². The molecule has 8 heteroatoms. The van der Waals surface area contributed by atoms with E-state index < -0.39 is 16.1 Å². The zero-order valence-corrected chi connectivity index (χ0v) is 10.6. The van der Waals surface area contributed by atoms with Crippen LogP contribution in [0.5, 0.6) is 5.75 Å². The van der Waals surface area contributed by atoms with Gasteiger partial charge in [0.2, 0.25) is 0 Å². The minimum absolute atomic E-state index is 0.125. The van der Waals surface area contributed by atoms with Gasteiger partial charge >= 0.3 is 6.09 Å². The van der Waals surface area contributed by atoms with Crippen LogP contribution in [0, 0.1) is 0 Å². The van der Waals surface area contributed by atoms with Crippen molar-refractivity contribution in [1.82, 2.24) is 4.72 Å². The van der Waals surface area contributed by atoms with E-state index in [0.29, 0.717) is 5.75 Å². The van der Waals surface area contributed by atoms with Gasteiger partial charge in [-0.1, -0.05) is 11.6 Å². The minimum atomic E-state index is -3.98. The topological polar surface area (TPSA) is 81.7 Å². The second kappa shape index (κ2) is 5.24. The highest BCUT2D eigenvalue weighted by molar-refractivity contribution is 7.90. The van der Waals surface area contributed by atoms with Crippen LogP contribution in [-0.2, 0) is 14.8 Å². The number of halogens is 1. The minimum Gasteiger partial charge on any atom is -0.495 e. The van der Waals surface area contributed by atoms with Crippen LogP contribution < -0.4 is 9.46 Å². The lowest BCUT2D eigenvalue weighted by molar-refractivity contribution is 0.177. The zero-order valence-electron chi connectivity index (χ0n) is 9.06. The number of benzene rings is 1. The lowest BCUT2D eigenvalue weighted by Crippen LogP contribution is -2.30. The maximum Gasteiger partial charge on any atom is 0.420 e. The fourth-order valence-corrected chi connectivity index (χ4v) is 2.29. The third kappa shape index (κ3) is 3.24. The normalized spacial score (nSPS) is 10.8. The highest BCUT2D eigenvalue weighted by Gasteiger charge is 2.19. The zero-order chi connectivity index (χ0) is 13.1. The van der Waals surface area contributed by atoms with Gasteiger partial charge in [0, 0.05) is 0 Å². The average Bonchev–Trinajstić information content (AvgIpc) is 2.28. The first-order valence-electron chi connectivity index (χ1n) is 4.35. The van der Waals surface area contributed by atoms with Crippen molar-refractivity contribution in [2.45, 2.75) is 4.90 Å². The molecule has 1 aromatic rings. The van der Waals surface area contributed by atoms with Crippen LogP contribution in [-0.4, -0.2) is 28.7 Å². The molecule has 1 rings (SSSR count). The van der Waals surface area contributed by atoms with Crippen molar-refractivity contribution in [2.24, 2.45) is 0 Å². The van der Waals surface area contributed by atoms with E-state index in [4.69, 9.17) is 16.3 Å². The lowest BCUT2D eigenvalue weighted by Gasteiger charge is -2.07. The number of rotatable bonds is 3. The first-order chi connectivity index (χ1) is 7.90. The fourth-order valence-electron chi connectivity index (χ4n) is 1.02. The molecule has 1 amide bonds. The summed E-state index contributed by atoms with van der Waals surface area (Å²) in [4.78, 5) is 10.7. The molecule has 0 saturated heterocycles. The Morgan fingerprint density at radius 3 is 2.47 bits per heavy atom. The van der Waals surface area contributed by atoms with Crippen molar-refractivity contribution in [1.29, 1.82) is 0 Å². The molecular weight excluding hydrogens is 270 g/mol. The molecule has 1 N–H and O–H groups in total. The molecule has 6 nitrogen and oxygen atoms in total. The number of nitrogens with one attached hydrogen (secondary N) is 1. The molecule has 17 heavy (non-hydrogen) atoms. The first-order valence-corrected chi connectivity index (χ1v) is 6.21. The largest absolute Gasteiger partial charge is 0.495 e. The van der Waals surface area contributed by atoms with Gasteiger partial charge in [0.1, 0.15) is 5.75 Å². The SMILES string of the molecule is COC(=O)NS(=O)(=O)c1ccc(OC)c(Cl)c1. The molecule has 94 valence electrons. The maximum absolute atomic E-state index is 11.6. The number of methoxy groups -OCH3 is 2. The van der Waals surface area contributed by atoms with Gasteiger partial charge in [0.05, 0.1) is 24.1 Å². The Labute approximate surface area is 104 Å². The highest BCUT2D eigenvalue weighted by Crippen LogP contribution is 2.26. The highest BCUT2D eigenvalue weighted by atomic mass is 35.5. The molecular formula is C9H10ClNO5S. The van der Waals surface area contributed by atoms with E-state index in [1.807, 2.05) is 0 Å². The summed E-state index contributed by atoms with van der Waals surface area (Å²) in [6.07, 6.45) is -1.07. The molecule has 0 bridgehead atoms. The molecule has 0 unspecified atom stereocenters. The van der Waals surface area contributed by atoms with Gasteiger partial charge in [-0.15, -0.1) is 0 Å². The molecule has 1 aromatic carbocycles. The maximum atomic E-state index is 11.6. The van der Waals surface area contributed by atoms with E-state index in [1.165, 1.54) is 25.3 Å². The van der Waals surface area contributed by atoms with Crippen molar-refractivity contribution in [3.05, 3.63) is 23.2 Å². The predicted octanol–water partition coefficient (Wildman–Crippen LogP) is 1.39. The summed E-state index contributed by atoms with van der Waals surface area (Å²) in [5.74, 6) is 0.337. The van der Waals surface area contributed by atoms with Gasteiger partial charge in [-0.2, -0.15) is 0 Å². The summed E-state index contributed by atoms with van der Waals surface area (Å²) in [6, 6.07) is 3.82. The quantitative estimate of drug-likeness (QED) is 0.904. The molecule has 0 heterocycles. The van der Waals surface area contributed by atoms with Crippen LogP contribution in [0.1, 0.15) is 0 Å². The summed E-state index contributed by atoms with van der Waals surface area (Å²) in [5.41, 5.74) is 0. The van der Waals surface area contributed by atoms with Crippen molar-refractivity contribution >= 4 is 27.7 Å². The van der Waals surface area contributed by atoms with Gasteiger partial charge in [0.25, 0.3) is 10.0 Å². The van der Waals surface area contributed by atoms with Gasteiger partial charge in [-0.3, -0.25) is 0 Å². The molecule has 0 fully saturated rings. The summed E-state index contributed by atoms with van der Waals surface area (Å²) < 4.78 is 34.1. The number of sulfonamides is 1. The molecule has 0 aliphatic heterocycles. The molecule has 0 aliphatic carbocycles. The summed E-state index contributed by atoms with van der Waals surface area (Å²) in [6.45, 7) is 0. The number of carbonyl (C=O) groups is 1. The summed E-state index contributed by atoms with van der Waals surface area (Å²) in [7, 11) is -1.52. The lowest BCUT2D eigenvalue weighted by atomic mass is 10.3. The number of carbonyl (C=O) groups excluding carboxylic acids is 1. The summed E-state index contributed by atoms with van der Waals surface area (Å²) >= 11 is 5.77. The van der Waals surface area contributed by atoms with Crippen LogP contribution in [0.15, 0.2) is 23.1 Å². The van der Waals surface area contributed by atoms with E-state index in [1.54, 1.807) is 4.72 Å².